The molecule has 19 heavy (non-hydrogen) atoms. The second-order valence-corrected chi connectivity index (χ2v) is 6.00. The van der Waals surface area contributed by atoms with Gasteiger partial charge in [-0.05, 0) is 41.0 Å². The summed E-state index contributed by atoms with van der Waals surface area (Å²) in [5.41, 5.74) is 1.64. The zero-order valence-electron chi connectivity index (χ0n) is 12.5. The van der Waals surface area contributed by atoms with E-state index in [0.717, 1.165) is 17.6 Å². The van der Waals surface area contributed by atoms with Crippen molar-refractivity contribution in [3.05, 3.63) is 23.3 Å². The van der Waals surface area contributed by atoms with Gasteiger partial charge >= 0.3 is 0 Å². The summed E-state index contributed by atoms with van der Waals surface area (Å²) in [4.78, 5) is 25.5. The van der Waals surface area contributed by atoms with Crippen molar-refractivity contribution in [1.29, 1.82) is 0 Å². The van der Waals surface area contributed by atoms with E-state index in [1.807, 2.05) is 34.6 Å². The smallest absolute Gasteiger partial charge is 0.246 e. The Kier molecular flexibility index (Phi) is 4.92. The summed E-state index contributed by atoms with van der Waals surface area (Å²) in [6.45, 7) is 10.8. The van der Waals surface area contributed by atoms with E-state index in [1.54, 1.807) is 17.1 Å². The van der Waals surface area contributed by atoms with Gasteiger partial charge in [0, 0.05) is 25.2 Å². The number of nitrogens with zero attached hydrogens (tertiary/aromatic N) is 1. The summed E-state index contributed by atoms with van der Waals surface area (Å²) in [6, 6.07) is 0. The summed E-state index contributed by atoms with van der Waals surface area (Å²) >= 11 is 0. The van der Waals surface area contributed by atoms with Crippen molar-refractivity contribution < 1.29 is 9.59 Å². The molecular weight excluding hydrogens is 240 g/mol. The van der Waals surface area contributed by atoms with E-state index in [9.17, 15) is 9.59 Å². The Bertz CT molecular complexity index is 429. The van der Waals surface area contributed by atoms with Crippen LogP contribution >= 0.6 is 0 Å². The molecule has 0 saturated carbocycles. The average Bonchev–Trinajstić information content (AvgIpc) is 2.57. The molecule has 0 spiro atoms. The van der Waals surface area contributed by atoms with Crippen LogP contribution in [0.15, 0.2) is 23.3 Å². The van der Waals surface area contributed by atoms with Crippen molar-refractivity contribution in [3.8, 4) is 0 Å². The largest absolute Gasteiger partial charge is 0.346 e. The van der Waals surface area contributed by atoms with Gasteiger partial charge in [-0.2, -0.15) is 0 Å². The van der Waals surface area contributed by atoms with Crippen LogP contribution in [0.1, 0.15) is 41.0 Å². The predicted octanol–water partition coefficient (Wildman–Crippen LogP) is 2.03. The molecule has 1 rings (SSSR count). The molecule has 1 heterocycles. The maximum atomic E-state index is 11.9. The van der Waals surface area contributed by atoms with E-state index in [0.29, 0.717) is 13.1 Å². The Balaban J connectivity index is 2.64. The van der Waals surface area contributed by atoms with Gasteiger partial charge in [0.25, 0.3) is 0 Å². The summed E-state index contributed by atoms with van der Waals surface area (Å²) in [7, 11) is 0. The van der Waals surface area contributed by atoms with E-state index in [1.165, 1.54) is 0 Å². The third-order valence-electron chi connectivity index (χ3n) is 3.04. The van der Waals surface area contributed by atoms with Crippen LogP contribution < -0.4 is 5.32 Å². The predicted molar refractivity (Wildman–Crippen MR) is 76.6 cm³/mol. The van der Waals surface area contributed by atoms with Gasteiger partial charge < -0.3 is 10.2 Å². The molecule has 1 aliphatic rings. The monoisotopic (exact) mass is 264 g/mol. The van der Waals surface area contributed by atoms with E-state index in [-0.39, 0.29) is 17.4 Å². The molecule has 0 bridgehead atoms. The van der Waals surface area contributed by atoms with Crippen molar-refractivity contribution in [3.63, 3.8) is 0 Å². The zero-order valence-corrected chi connectivity index (χ0v) is 12.5. The van der Waals surface area contributed by atoms with Gasteiger partial charge in [0.2, 0.25) is 11.8 Å². The highest BCUT2D eigenvalue weighted by Gasteiger charge is 2.36. The normalized spacial score (nSPS) is 21.8. The number of carbonyl (C=O) groups is 2. The second kappa shape index (κ2) is 6.04. The summed E-state index contributed by atoms with van der Waals surface area (Å²) in [5, 5.41) is 2.99. The molecular formula is C15H24N2O2. The number of amides is 2. The molecule has 0 aromatic heterocycles. The number of hydrogen-bond acceptors (Lipinski definition) is 2. The van der Waals surface area contributed by atoms with E-state index >= 15 is 0 Å². The molecule has 1 atom stereocenters. The highest BCUT2D eigenvalue weighted by molar-refractivity contribution is 5.90. The first kappa shape index (κ1) is 15.5. The molecule has 0 aromatic carbocycles. The molecule has 2 amide bonds. The third-order valence-corrected chi connectivity index (χ3v) is 3.04. The molecule has 1 aliphatic heterocycles. The maximum Gasteiger partial charge on any atom is 0.246 e. The van der Waals surface area contributed by atoms with E-state index in [2.05, 4.69) is 5.32 Å². The highest BCUT2D eigenvalue weighted by Crippen LogP contribution is 2.21. The first-order valence-electron chi connectivity index (χ1n) is 6.63. The molecule has 1 fully saturated rings. The molecule has 1 saturated heterocycles. The lowest BCUT2D eigenvalue weighted by molar-refractivity contribution is -0.126. The lowest BCUT2D eigenvalue weighted by Gasteiger charge is -2.25. The molecule has 0 aliphatic carbocycles. The second-order valence-electron chi connectivity index (χ2n) is 6.00. The Hall–Kier alpha value is -1.58. The van der Waals surface area contributed by atoms with Crippen molar-refractivity contribution >= 4 is 11.8 Å². The van der Waals surface area contributed by atoms with E-state index < -0.39 is 0 Å². The lowest BCUT2D eigenvalue weighted by Crippen LogP contribution is -2.48. The molecule has 1 N–H and O–H groups in total. The fourth-order valence-electron chi connectivity index (χ4n) is 2.19. The first-order valence-corrected chi connectivity index (χ1v) is 6.63. The van der Waals surface area contributed by atoms with Gasteiger partial charge in [0.1, 0.15) is 0 Å². The minimum Gasteiger partial charge on any atom is -0.346 e. The van der Waals surface area contributed by atoms with Gasteiger partial charge in [0.05, 0.1) is 5.54 Å². The number of carbonyl (C=O) groups excluding carboxylic acids is 2. The number of likely N-dealkylation sites (tertiary alicyclic amines) is 1. The Morgan fingerprint density at radius 1 is 1.11 bits per heavy atom. The Morgan fingerprint density at radius 3 is 2.21 bits per heavy atom. The maximum absolute atomic E-state index is 11.9. The SMILES string of the molecule is CC(C)=CC(=O)NC1(C)CCN(C(=O)C=C(C)C)C1. The van der Waals surface area contributed by atoms with Crippen molar-refractivity contribution in [2.24, 2.45) is 0 Å². The fourth-order valence-corrected chi connectivity index (χ4v) is 2.19. The molecule has 106 valence electrons. The van der Waals surface area contributed by atoms with Crippen molar-refractivity contribution in [2.45, 2.75) is 46.6 Å². The van der Waals surface area contributed by atoms with Gasteiger partial charge in [0.15, 0.2) is 0 Å². The topological polar surface area (TPSA) is 49.4 Å². The van der Waals surface area contributed by atoms with Crippen molar-refractivity contribution in [1.82, 2.24) is 10.2 Å². The quantitative estimate of drug-likeness (QED) is 0.793. The van der Waals surface area contributed by atoms with Crippen LogP contribution in [0, 0.1) is 0 Å². The molecule has 1 unspecified atom stereocenters. The van der Waals surface area contributed by atoms with Gasteiger partial charge in [-0.1, -0.05) is 11.1 Å². The van der Waals surface area contributed by atoms with E-state index in [4.69, 9.17) is 0 Å². The zero-order chi connectivity index (χ0) is 14.6. The highest BCUT2D eigenvalue weighted by atomic mass is 16.2. The number of allylic oxidation sites excluding steroid dienone is 2. The third kappa shape index (κ3) is 4.89. The van der Waals surface area contributed by atoms with Gasteiger partial charge in [-0.25, -0.2) is 0 Å². The van der Waals surface area contributed by atoms with Crippen LogP contribution in [0.4, 0.5) is 0 Å². The number of nitrogens with one attached hydrogen (secondary N) is 1. The Labute approximate surface area is 115 Å². The summed E-state index contributed by atoms with van der Waals surface area (Å²) < 4.78 is 0. The first-order chi connectivity index (χ1) is 8.72. The van der Waals surface area contributed by atoms with Crippen LogP contribution in [-0.4, -0.2) is 35.3 Å². The lowest BCUT2D eigenvalue weighted by atomic mass is 10.0. The van der Waals surface area contributed by atoms with Crippen LogP contribution in [-0.2, 0) is 9.59 Å². The average molecular weight is 264 g/mol. The van der Waals surface area contributed by atoms with Crippen LogP contribution in [0.3, 0.4) is 0 Å². The molecule has 4 nitrogen and oxygen atoms in total. The fraction of sp³-hybridized carbons (Fsp3) is 0.600. The number of hydrogen-bond donors (Lipinski definition) is 1. The van der Waals surface area contributed by atoms with Crippen LogP contribution in [0.5, 0.6) is 0 Å². The van der Waals surface area contributed by atoms with Crippen molar-refractivity contribution in [2.75, 3.05) is 13.1 Å². The minimum atomic E-state index is -0.325. The molecule has 0 radical (unpaired) electrons. The van der Waals surface area contributed by atoms with Crippen LogP contribution in [0.2, 0.25) is 0 Å². The number of rotatable bonds is 3. The van der Waals surface area contributed by atoms with Gasteiger partial charge in [-0.15, -0.1) is 0 Å². The molecule has 4 heteroatoms. The Morgan fingerprint density at radius 2 is 1.68 bits per heavy atom. The van der Waals surface area contributed by atoms with Crippen LogP contribution in [0.25, 0.3) is 0 Å². The minimum absolute atomic E-state index is 0.0280. The standard InChI is InChI=1S/C15H24N2O2/c1-11(2)8-13(18)16-15(5)6-7-17(10-15)14(19)9-12(3)4/h8-9H,6-7,10H2,1-5H3,(H,16,18). The van der Waals surface area contributed by atoms with Gasteiger partial charge in [-0.3, -0.25) is 9.59 Å². The molecule has 0 aromatic rings. The summed E-state index contributed by atoms with van der Waals surface area (Å²) in [5.74, 6) is -0.0563. The summed E-state index contributed by atoms with van der Waals surface area (Å²) in [6.07, 6.45) is 4.02.